The molecule has 1 amide bonds. The molecule has 27 heavy (non-hydrogen) atoms. The third kappa shape index (κ3) is 4.32. The summed E-state index contributed by atoms with van der Waals surface area (Å²) in [6.45, 7) is 1.19. The van der Waals surface area contributed by atoms with Crippen molar-refractivity contribution in [2.24, 2.45) is 0 Å². The van der Waals surface area contributed by atoms with E-state index in [0.29, 0.717) is 22.0 Å². The van der Waals surface area contributed by atoms with Crippen molar-refractivity contribution in [1.29, 1.82) is 0 Å². The van der Waals surface area contributed by atoms with Crippen LogP contribution in [0.3, 0.4) is 0 Å². The van der Waals surface area contributed by atoms with Gasteiger partial charge in [-0.2, -0.15) is 0 Å². The van der Waals surface area contributed by atoms with Gasteiger partial charge < -0.3 is 14.8 Å². The first-order valence-corrected chi connectivity index (χ1v) is 11.1. The summed E-state index contributed by atoms with van der Waals surface area (Å²) in [5, 5.41) is 5.51. The topological polar surface area (TPSA) is 64.6 Å². The Balaban J connectivity index is 1.47. The minimum atomic E-state index is -0.216. The predicted octanol–water partition coefficient (Wildman–Crippen LogP) is 4.05. The van der Waals surface area contributed by atoms with Gasteiger partial charge in [0.15, 0.2) is 0 Å². The number of rotatable bonds is 7. The molecule has 1 unspecified atom stereocenters. The van der Waals surface area contributed by atoms with Gasteiger partial charge in [-0.1, -0.05) is 6.07 Å². The van der Waals surface area contributed by atoms with E-state index in [-0.39, 0.29) is 24.4 Å². The highest BCUT2D eigenvalue weighted by atomic mass is 32.1. The van der Waals surface area contributed by atoms with Crippen LogP contribution in [0.5, 0.6) is 0 Å². The standard InChI is InChI=1S/C20H23NO4S2/c22-17(12-24-11-13-5-3-9-25-13)21-20-18(19(23)16-8-4-10-26-16)14-6-1-2-7-15(14)27-20/h4,8,10,13H,1-3,5-7,9,11-12H2,(H,21,22). The zero-order valence-electron chi connectivity index (χ0n) is 15.1. The Kier molecular flexibility index (Phi) is 6.02. The molecule has 1 saturated heterocycles. The minimum absolute atomic E-state index is 0.0139. The fraction of sp³-hybridized carbons (Fsp3) is 0.500. The highest BCUT2D eigenvalue weighted by molar-refractivity contribution is 7.17. The second-order valence-electron chi connectivity index (χ2n) is 6.92. The van der Waals surface area contributed by atoms with Crippen LogP contribution >= 0.6 is 22.7 Å². The Labute approximate surface area is 166 Å². The van der Waals surface area contributed by atoms with Gasteiger partial charge in [0.25, 0.3) is 5.91 Å². The van der Waals surface area contributed by atoms with E-state index >= 15 is 0 Å². The van der Waals surface area contributed by atoms with Gasteiger partial charge in [-0.25, -0.2) is 0 Å². The second kappa shape index (κ2) is 8.65. The van der Waals surface area contributed by atoms with Crippen molar-refractivity contribution in [3.05, 3.63) is 38.4 Å². The number of ketones is 1. The zero-order valence-corrected chi connectivity index (χ0v) is 16.8. The average molecular weight is 406 g/mol. The van der Waals surface area contributed by atoms with Crippen LogP contribution in [0.15, 0.2) is 17.5 Å². The maximum atomic E-state index is 13.0. The molecule has 0 saturated carbocycles. The van der Waals surface area contributed by atoms with E-state index in [1.165, 1.54) is 16.2 Å². The van der Waals surface area contributed by atoms with E-state index in [2.05, 4.69) is 5.32 Å². The van der Waals surface area contributed by atoms with Gasteiger partial charge in [0.1, 0.15) is 11.6 Å². The molecule has 7 heteroatoms. The molecule has 2 aliphatic rings. The Morgan fingerprint density at radius 3 is 2.93 bits per heavy atom. The van der Waals surface area contributed by atoms with Crippen LogP contribution in [0.1, 0.15) is 51.4 Å². The number of aryl methyl sites for hydroxylation is 1. The van der Waals surface area contributed by atoms with Gasteiger partial charge in [0.05, 0.1) is 23.2 Å². The summed E-state index contributed by atoms with van der Waals surface area (Å²) >= 11 is 2.99. The summed E-state index contributed by atoms with van der Waals surface area (Å²) in [6, 6.07) is 3.73. The van der Waals surface area contributed by atoms with Crippen molar-refractivity contribution < 1.29 is 19.1 Å². The van der Waals surface area contributed by atoms with Crippen LogP contribution in [-0.4, -0.2) is 37.6 Å². The highest BCUT2D eigenvalue weighted by Crippen LogP contribution is 2.39. The Morgan fingerprint density at radius 2 is 2.15 bits per heavy atom. The number of hydrogen-bond acceptors (Lipinski definition) is 6. The van der Waals surface area contributed by atoms with E-state index < -0.39 is 0 Å². The molecule has 1 atom stereocenters. The smallest absolute Gasteiger partial charge is 0.250 e. The maximum absolute atomic E-state index is 13.0. The molecule has 4 rings (SSSR count). The number of hydrogen-bond donors (Lipinski definition) is 1. The van der Waals surface area contributed by atoms with Gasteiger partial charge in [-0.05, 0) is 55.5 Å². The van der Waals surface area contributed by atoms with Crippen LogP contribution in [0.2, 0.25) is 0 Å². The number of fused-ring (bicyclic) bond motifs is 1. The quantitative estimate of drug-likeness (QED) is 0.706. The lowest BCUT2D eigenvalue weighted by molar-refractivity contribution is -0.121. The van der Waals surface area contributed by atoms with E-state index in [1.807, 2.05) is 17.5 Å². The maximum Gasteiger partial charge on any atom is 0.250 e. The summed E-state index contributed by atoms with van der Waals surface area (Å²) in [4.78, 5) is 27.4. The molecule has 3 heterocycles. The Hall–Kier alpha value is -1.54. The van der Waals surface area contributed by atoms with E-state index in [1.54, 1.807) is 11.3 Å². The van der Waals surface area contributed by atoms with E-state index in [4.69, 9.17) is 9.47 Å². The molecule has 0 bridgehead atoms. The first-order valence-electron chi connectivity index (χ1n) is 9.44. The summed E-state index contributed by atoms with van der Waals surface area (Å²) in [6.07, 6.45) is 6.25. The molecule has 1 aliphatic carbocycles. The number of anilines is 1. The number of amides is 1. The molecule has 0 radical (unpaired) electrons. The van der Waals surface area contributed by atoms with Crippen LogP contribution in [0, 0.1) is 0 Å². The molecular weight excluding hydrogens is 382 g/mol. The molecular formula is C20H23NO4S2. The summed E-state index contributed by atoms with van der Waals surface area (Å²) in [7, 11) is 0. The fourth-order valence-electron chi connectivity index (χ4n) is 3.65. The van der Waals surface area contributed by atoms with Crippen molar-refractivity contribution in [2.45, 2.75) is 44.6 Å². The summed E-state index contributed by atoms with van der Waals surface area (Å²) in [5.74, 6) is -0.202. The number of nitrogens with one attached hydrogen (secondary N) is 1. The molecule has 1 fully saturated rings. The molecule has 2 aromatic rings. The lowest BCUT2D eigenvalue weighted by Crippen LogP contribution is -2.23. The van der Waals surface area contributed by atoms with Gasteiger partial charge >= 0.3 is 0 Å². The largest absolute Gasteiger partial charge is 0.376 e. The monoisotopic (exact) mass is 405 g/mol. The molecule has 0 aromatic carbocycles. The number of carbonyl (C=O) groups excluding carboxylic acids is 2. The summed E-state index contributed by atoms with van der Waals surface area (Å²) in [5.41, 5.74) is 1.81. The number of carbonyl (C=O) groups is 2. The SMILES string of the molecule is O=C(COCC1CCCO1)Nc1sc2c(c1C(=O)c1cccs1)CCCC2. The first kappa shape index (κ1) is 18.8. The molecule has 0 spiro atoms. The molecule has 1 N–H and O–H groups in total. The third-order valence-electron chi connectivity index (χ3n) is 4.96. The van der Waals surface area contributed by atoms with Crippen molar-refractivity contribution >= 4 is 39.4 Å². The minimum Gasteiger partial charge on any atom is -0.376 e. The number of ether oxygens (including phenoxy) is 2. The normalized spacial score (nSPS) is 19.0. The average Bonchev–Trinajstić information content (AvgIpc) is 3.42. The molecule has 144 valence electrons. The van der Waals surface area contributed by atoms with Crippen molar-refractivity contribution in [3.8, 4) is 0 Å². The van der Waals surface area contributed by atoms with Crippen molar-refractivity contribution in [2.75, 3.05) is 25.1 Å². The highest BCUT2D eigenvalue weighted by Gasteiger charge is 2.27. The predicted molar refractivity (Wildman–Crippen MR) is 107 cm³/mol. The van der Waals surface area contributed by atoms with Crippen molar-refractivity contribution in [3.63, 3.8) is 0 Å². The van der Waals surface area contributed by atoms with Crippen LogP contribution in [-0.2, 0) is 27.1 Å². The summed E-state index contributed by atoms with van der Waals surface area (Å²) < 4.78 is 11.0. The Morgan fingerprint density at radius 1 is 1.26 bits per heavy atom. The van der Waals surface area contributed by atoms with Crippen molar-refractivity contribution in [1.82, 2.24) is 0 Å². The van der Waals surface area contributed by atoms with Crippen LogP contribution < -0.4 is 5.32 Å². The zero-order chi connectivity index (χ0) is 18.6. The molecule has 2 aromatic heterocycles. The van der Waals surface area contributed by atoms with Gasteiger partial charge in [-0.15, -0.1) is 22.7 Å². The van der Waals surface area contributed by atoms with Gasteiger partial charge in [-0.3, -0.25) is 9.59 Å². The van der Waals surface area contributed by atoms with Gasteiger partial charge in [0.2, 0.25) is 5.78 Å². The second-order valence-corrected chi connectivity index (χ2v) is 8.97. The molecule has 1 aliphatic heterocycles. The third-order valence-corrected chi connectivity index (χ3v) is 7.03. The van der Waals surface area contributed by atoms with E-state index in [0.717, 1.165) is 50.7 Å². The van der Waals surface area contributed by atoms with Gasteiger partial charge in [0, 0.05) is 11.5 Å². The fourth-order valence-corrected chi connectivity index (χ4v) is 5.62. The van der Waals surface area contributed by atoms with E-state index in [9.17, 15) is 9.59 Å². The lowest BCUT2D eigenvalue weighted by atomic mass is 9.93. The lowest BCUT2D eigenvalue weighted by Gasteiger charge is -2.12. The first-order chi connectivity index (χ1) is 13.2. The Bertz CT molecular complexity index is 806. The molecule has 5 nitrogen and oxygen atoms in total. The van der Waals surface area contributed by atoms with Crippen LogP contribution in [0.4, 0.5) is 5.00 Å². The van der Waals surface area contributed by atoms with Crippen LogP contribution in [0.25, 0.3) is 0 Å². The number of thiophene rings is 2.